The molecular formula is C15H30O2. The highest BCUT2D eigenvalue weighted by atomic mass is 16.5. The van der Waals surface area contributed by atoms with Crippen molar-refractivity contribution in [3.8, 4) is 0 Å². The second kappa shape index (κ2) is 7.38. The third kappa shape index (κ3) is 6.42. The minimum atomic E-state index is -0.132. The molecule has 0 heterocycles. The van der Waals surface area contributed by atoms with E-state index in [4.69, 9.17) is 4.74 Å². The molecule has 1 fully saturated rings. The van der Waals surface area contributed by atoms with E-state index in [0.717, 1.165) is 25.2 Å². The molecule has 1 atom stereocenters. The van der Waals surface area contributed by atoms with Crippen molar-refractivity contribution in [2.24, 2.45) is 5.92 Å². The molecule has 0 aromatic carbocycles. The van der Waals surface area contributed by atoms with Crippen LogP contribution in [-0.2, 0) is 4.74 Å². The zero-order chi connectivity index (χ0) is 12.7. The molecule has 2 heteroatoms. The molecule has 1 rings (SSSR count). The van der Waals surface area contributed by atoms with Gasteiger partial charge in [0, 0.05) is 7.11 Å². The highest BCUT2D eigenvalue weighted by Crippen LogP contribution is 2.28. The molecule has 1 aliphatic carbocycles. The lowest BCUT2D eigenvalue weighted by atomic mass is 9.90. The molecule has 0 bridgehead atoms. The van der Waals surface area contributed by atoms with Crippen molar-refractivity contribution < 1.29 is 9.84 Å². The third-order valence-electron chi connectivity index (χ3n) is 4.21. The van der Waals surface area contributed by atoms with E-state index in [9.17, 15) is 5.11 Å². The van der Waals surface area contributed by atoms with Crippen LogP contribution >= 0.6 is 0 Å². The van der Waals surface area contributed by atoms with E-state index >= 15 is 0 Å². The first-order valence-corrected chi connectivity index (χ1v) is 7.27. The molecule has 1 aliphatic rings. The summed E-state index contributed by atoms with van der Waals surface area (Å²) >= 11 is 0. The Labute approximate surface area is 107 Å². The van der Waals surface area contributed by atoms with Gasteiger partial charge in [0.05, 0.1) is 11.7 Å². The molecule has 0 aromatic rings. The van der Waals surface area contributed by atoms with Crippen LogP contribution in [0.1, 0.15) is 71.6 Å². The summed E-state index contributed by atoms with van der Waals surface area (Å²) in [6.07, 6.45) is 10.8. The van der Waals surface area contributed by atoms with Crippen LogP contribution in [0.15, 0.2) is 0 Å². The van der Waals surface area contributed by atoms with Gasteiger partial charge in [0.15, 0.2) is 0 Å². The second-order valence-electron chi connectivity index (χ2n) is 6.25. The molecule has 17 heavy (non-hydrogen) atoms. The van der Waals surface area contributed by atoms with Crippen LogP contribution in [0.5, 0.6) is 0 Å². The summed E-state index contributed by atoms with van der Waals surface area (Å²) in [5.41, 5.74) is -0.0928. The average molecular weight is 242 g/mol. The molecule has 0 aliphatic heterocycles. The first-order chi connectivity index (χ1) is 8.03. The zero-order valence-corrected chi connectivity index (χ0v) is 11.9. The molecule has 0 saturated heterocycles. The molecule has 0 spiro atoms. The molecule has 2 nitrogen and oxygen atoms in total. The van der Waals surface area contributed by atoms with Gasteiger partial charge in [-0.15, -0.1) is 0 Å². The van der Waals surface area contributed by atoms with Gasteiger partial charge in [-0.3, -0.25) is 0 Å². The lowest BCUT2D eigenvalue weighted by Gasteiger charge is -2.25. The molecule has 0 aromatic heterocycles. The van der Waals surface area contributed by atoms with Crippen LogP contribution in [0.25, 0.3) is 0 Å². The van der Waals surface area contributed by atoms with Gasteiger partial charge in [-0.25, -0.2) is 0 Å². The number of methoxy groups -OCH3 is 1. The van der Waals surface area contributed by atoms with Crippen LogP contribution in [0.3, 0.4) is 0 Å². The first-order valence-electron chi connectivity index (χ1n) is 7.27. The minimum absolute atomic E-state index is 0.0928. The number of hydrogen-bond donors (Lipinski definition) is 1. The summed E-state index contributed by atoms with van der Waals surface area (Å²) in [6.45, 7) is 4.18. The molecule has 1 N–H and O–H groups in total. The fourth-order valence-corrected chi connectivity index (χ4v) is 2.72. The normalized spacial score (nSPS) is 21.2. The SMILES string of the molecule is COC(C)(C)CCC(O)CC1CCCCCC1. The monoisotopic (exact) mass is 242 g/mol. The van der Waals surface area contributed by atoms with Crippen LogP contribution in [0.2, 0.25) is 0 Å². The fraction of sp³-hybridized carbons (Fsp3) is 1.00. The summed E-state index contributed by atoms with van der Waals surface area (Å²) in [6, 6.07) is 0. The number of ether oxygens (including phenoxy) is 1. The Hall–Kier alpha value is -0.0800. The summed E-state index contributed by atoms with van der Waals surface area (Å²) in [4.78, 5) is 0. The van der Waals surface area contributed by atoms with Crippen molar-refractivity contribution in [2.45, 2.75) is 83.3 Å². The lowest BCUT2D eigenvalue weighted by Crippen LogP contribution is -2.25. The van der Waals surface area contributed by atoms with Crippen molar-refractivity contribution in [1.29, 1.82) is 0 Å². The van der Waals surface area contributed by atoms with Crippen molar-refractivity contribution in [3.05, 3.63) is 0 Å². The summed E-state index contributed by atoms with van der Waals surface area (Å²) in [5, 5.41) is 10.1. The topological polar surface area (TPSA) is 29.5 Å². The van der Waals surface area contributed by atoms with Crippen molar-refractivity contribution in [2.75, 3.05) is 7.11 Å². The van der Waals surface area contributed by atoms with E-state index in [1.165, 1.54) is 38.5 Å². The van der Waals surface area contributed by atoms with Gasteiger partial charge in [-0.2, -0.15) is 0 Å². The smallest absolute Gasteiger partial charge is 0.0623 e. The maximum absolute atomic E-state index is 10.1. The van der Waals surface area contributed by atoms with Gasteiger partial charge in [-0.05, 0) is 39.0 Å². The molecule has 1 saturated carbocycles. The Bertz CT molecular complexity index is 193. The Morgan fingerprint density at radius 3 is 2.29 bits per heavy atom. The summed E-state index contributed by atoms with van der Waals surface area (Å²) < 4.78 is 5.39. The van der Waals surface area contributed by atoms with Gasteiger partial charge in [-0.1, -0.05) is 38.5 Å². The summed E-state index contributed by atoms with van der Waals surface area (Å²) in [7, 11) is 1.75. The molecular weight excluding hydrogens is 212 g/mol. The Morgan fingerprint density at radius 1 is 1.18 bits per heavy atom. The van der Waals surface area contributed by atoms with Crippen molar-refractivity contribution >= 4 is 0 Å². The zero-order valence-electron chi connectivity index (χ0n) is 11.9. The Balaban J connectivity index is 2.21. The lowest BCUT2D eigenvalue weighted by molar-refractivity contribution is 0.000419. The number of aliphatic hydroxyl groups excluding tert-OH is 1. The van der Waals surface area contributed by atoms with Crippen molar-refractivity contribution in [3.63, 3.8) is 0 Å². The number of rotatable bonds is 6. The summed E-state index contributed by atoms with van der Waals surface area (Å²) in [5.74, 6) is 0.762. The molecule has 0 amide bonds. The Kier molecular flexibility index (Phi) is 6.50. The van der Waals surface area contributed by atoms with Crippen LogP contribution in [0, 0.1) is 5.92 Å². The third-order valence-corrected chi connectivity index (χ3v) is 4.21. The molecule has 1 unspecified atom stereocenters. The second-order valence-corrected chi connectivity index (χ2v) is 6.25. The van der Waals surface area contributed by atoms with Gasteiger partial charge in [0.25, 0.3) is 0 Å². The average Bonchev–Trinajstić information content (AvgIpc) is 2.55. The Morgan fingerprint density at radius 2 is 1.76 bits per heavy atom. The van der Waals surface area contributed by atoms with Crippen LogP contribution in [0.4, 0.5) is 0 Å². The van der Waals surface area contributed by atoms with Crippen molar-refractivity contribution in [1.82, 2.24) is 0 Å². The van der Waals surface area contributed by atoms with E-state index in [1.54, 1.807) is 7.11 Å². The van der Waals surface area contributed by atoms with E-state index in [1.807, 2.05) is 0 Å². The maximum Gasteiger partial charge on any atom is 0.0623 e. The highest BCUT2D eigenvalue weighted by molar-refractivity contribution is 4.73. The van der Waals surface area contributed by atoms with E-state index in [-0.39, 0.29) is 11.7 Å². The highest BCUT2D eigenvalue weighted by Gasteiger charge is 2.21. The van der Waals surface area contributed by atoms with E-state index < -0.39 is 0 Å². The number of hydrogen-bond acceptors (Lipinski definition) is 2. The maximum atomic E-state index is 10.1. The van der Waals surface area contributed by atoms with Gasteiger partial charge < -0.3 is 9.84 Å². The quantitative estimate of drug-likeness (QED) is 0.715. The van der Waals surface area contributed by atoms with Crippen LogP contribution in [-0.4, -0.2) is 23.9 Å². The minimum Gasteiger partial charge on any atom is -0.393 e. The van der Waals surface area contributed by atoms with E-state index in [2.05, 4.69) is 13.8 Å². The number of aliphatic hydroxyl groups is 1. The van der Waals surface area contributed by atoms with Gasteiger partial charge in [0.1, 0.15) is 0 Å². The largest absolute Gasteiger partial charge is 0.393 e. The first kappa shape index (κ1) is 15.0. The van der Waals surface area contributed by atoms with E-state index in [0.29, 0.717) is 0 Å². The predicted octanol–water partition coefficient (Wildman–Crippen LogP) is 3.91. The fourth-order valence-electron chi connectivity index (χ4n) is 2.72. The predicted molar refractivity (Wildman–Crippen MR) is 72.1 cm³/mol. The van der Waals surface area contributed by atoms with Gasteiger partial charge >= 0.3 is 0 Å². The molecule has 0 radical (unpaired) electrons. The van der Waals surface area contributed by atoms with Gasteiger partial charge in [0.2, 0.25) is 0 Å². The molecule has 102 valence electrons. The standard InChI is InChI=1S/C15H30O2/c1-15(2,17-3)11-10-14(16)12-13-8-6-4-5-7-9-13/h13-14,16H,4-12H2,1-3H3. The van der Waals surface area contributed by atoms with Crippen LogP contribution < -0.4 is 0 Å².